The number of hydrogen-bond acceptors (Lipinski definition) is 3. The zero-order chi connectivity index (χ0) is 16.5. The topological polar surface area (TPSA) is 30.9 Å². The number of guanidine groups is 1. The Balaban J connectivity index is 1.64. The van der Waals surface area contributed by atoms with Gasteiger partial charge < -0.3 is 15.1 Å². The van der Waals surface area contributed by atoms with E-state index in [0.29, 0.717) is 0 Å². The summed E-state index contributed by atoms with van der Waals surface area (Å²) >= 11 is 1.83. The summed E-state index contributed by atoms with van der Waals surface area (Å²) in [6, 6.07) is 4.33. The lowest BCUT2D eigenvalue weighted by Crippen LogP contribution is -2.41. The molecule has 2 rings (SSSR count). The van der Waals surface area contributed by atoms with Crippen molar-refractivity contribution in [1.82, 2.24) is 15.1 Å². The quantitative estimate of drug-likeness (QED) is 0.613. The van der Waals surface area contributed by atoms with Crippen molar-refractivity contribution in [3.63, 3.8) is 0 Å². The van der Waals surface area contributed by atoms with Gasteiger partial charge in [0, 0.05) is 32.1 Å². The van der Waals surface area contributed by atoms with Gasteiger partial charge in [-0.25, -0.2) is 0 Å². The second-order valence-electron chi connectivity index (χ2n) is 6.39. The van der Waals surface area contributed by atoms with E-state index in [1.54, 1.807) is 0 Å². The van der Waals surface area contributed by atoms with Crippen LogP contribution in [0.15, 0.2) is 22.5 Å². The van der Waals surface area contributed by atoms with Crippen molar-refractivity contribution in [1.29, 1.82) is 0 Å². The maximum absolute atomic E-state index is 4.42. The Hall–Kier alpha value is -1.07. The normalized spacial score (nSPS) is 17.4. The van der Waals surface area contributed by atoms with Crippen molar-refractivity contribution < 1.29 is 0 Å². The summed E-state index contributed by atoms with van der Waals surface area (Å²) in [4.78, 5) is 10.7. The fourth-order valence-electron chi connectivity index (χ4n) is 3.20. The summed E-state index contributed by atoms with van der Waals surface area (Å²) in [7, 11) is 4.01. The highest BCUT2D eigenvalue weighted by Crippen LogP contribution is 2.19. The van der Waals surface area contributed by atoms with Gasteiger partial charge in [-0.15, -0.1) is 11.3 Å². The van der Waals surface area contributed by atoms with Crippen LogP contribution in [-0.4, -0.2) is 62.6 Å². The smallest absolute Gasteiger partial charge is 0.193 e. The molecule has 130 valence electrons. The van der Waals surface area contributed by atoms with Crippen molar-refractivity contribution in [3.05, 3.63) is 22.4 Å². The molecule has 0 spiro atoms. The fraction of sp³-hybridized carbons (Fsp3) is 0.722. The molecule has 5 heteroatoms. The van der Waals surface area contributed by atoms with Crippen LogP contribution in [0, 0.1) is 5.92 Å². The van der Waals surface area contributed by atoms with Crippen molar-refractivity contribution in [3.8, 4) is 0 Å². The van der Waals surface area contributed by atoms with Gasteiger partial charge in [0.2, 0.25) is 0 Å². The molecule has 0 saturated carbocycles. The van der Waals surface area contributed by atoms with Crippen LogP contribution in [0.3, 0.4) is 0 Å². The van der Waals surface area contributed by atoms with Gasteiger partial charge in [-0.1, -0.05) is 13.0 Å². The third-order valence-electron chi connectivity index (χ3n) is 4.84. The van der Waals surface area contributed by atoms with E-state index >= 15 is 0 Å². The molecule has 1 aliphatic rings. The number of nitrogens with zero attached hydrogens (tertiary/aromatic N) is 3. The predicted molar refractivity (Wildman–Crippen MR) is 101 cm³/mol. The molecule has 2 heterocycles. The maximum Gasteiger partial charge on any atom is 0.193 e. The van der Waals surface area contributed by atoms with Crippen LogP contribution in [0.5, 0.6) is 0 Å². The average Bonchev–Trinajstić information content (AvgIpc) is 3.10. The lowest BCUT2D eigenvalue weighted by molar-refractivity contribution is 0.187. The number of rotatable bonds is 7. The van der Waals surface area contributed by atoms with Crippen molar-refractivity contribution in [2.24, 2.45) is 10.9 Å². The van der Waals surface area contributed by atoms with Crippen molar-refractivity contribution in [2.45, 2.75) is 32.6 Å². The summed E-state index contributed by atoms with van der Waals surface area (Å²) in [6.45, 7) is 8.06. The Bertz CT molecular complexity index is 450. The minimum atomic E-state index is 0.875. The van der Waals surface area contributed by atoms with Gasteiger partial charge in [0.15, 0.2) is 5.96 Å². The molecule has 0 aromatic carbocycles. The van der Waals surface area contributed by atoms with E-state index in [9.17, 15) is 0 Å². The molecule has 0 aliphatic carbocycles. The maximum atomic E-state index is 4.42. The molecule has 0 unspecified atom stereocenters. The van der Waals surface area contributed by atoms with E-state index < -0.39 is 0 Å². The Labute approximate surface area is 145 Å². The Morgan fingerprint density at radius 2 is 2.22 bits per heavy atom. The zero-order valence-electron chi connectivity index (χ0n) is 14.9. The van der Waals surface area contributed by atoms with Gasteiger partial charge >= 0.3 is 0 Å². The Kier molecular flexibility index (Phi) is 7.89. The number of piperidine rings is 1. The van der Waals surface area contributed by atoms with Gasteiger partial charge in [-0.05, 0) is 62.7 Å². The Morgan fingerprint density at radius 1 is 1.43 bits per heavy atom. The first-order chi connectivity index (χ1) is 11.2. The van der Waals surface area contributed by atoms with Gasteiger partial charge in [0.05, 0.1) is 0 Å². The minimum Gasteiger partial charge on any atom is -0.356 e. The molecule has 1 N–H and O–H groups in total. The molecule has 1 aliphatic heterocycles. The third kappa shape index (κ3) is 6.15. The van der Waals surface area contributed by atoms with E-state index in [2.05, 4.69) is 51.6 Å². The summed E-state index contributed by atoms with van der Waals surface area (Å²) < 4.78 is 0. The van der Waals surface area contributed by atoms with Crippen LogP contribution in [0.25, 0.3) is 0 Å². The van der Waals surface area contributed by atoms with Gasteiger partial charge in [-0.2, -0.15) is 0 Å². The van der Waals surface area contributed by atoms with Crippen molar-refractivity contribution >= 4 is 17.3 Å². The highest BCUT2D eigenvalue weighted by Gasteiger charge is 2.17. The molecule has 0 amide bonds. The highest BCUT2D eigenvalue weighted by atomic mass is 32.1. The van der Waals surface area contributed by atoms with E-state index in [4.69, 9.17) is 0 Å². The minimum absolute atomic E-state index is 0.875. The molecule has 1 saturated heterocycles. The van der Waals surface area contributed by atoms with Crippen LogP contribution in [0.1, 0.15) is 31.1 Å². The zero-order valence-corrected chi connectivity index (χ0v) is 15.7. The van der Waals surface area contributed by atoms with E-state index in [0.717, 1.165) is 31.4 Å². The third-order valence-corrected chi connectivity index (χ3v) is 5.77. The van der Waals surface area contributed by atoms with Crippen LogP contribution in [0.4, 0.5) is 0 Å². The second kappa shape index (κ2) is 9.93. The van der Waals surface area contributed by atoms with Crippen LogP contribution in [-0.2, 0) is 6.42 Å². The Morgan fingerprint density at radius 3 is 2.83 bits per heavy atom. The molecule has 0 radical (unpaired) electrons. The molecule has 1 fully saturated rings. The summed E-state index contributed by atoms with van der Waals surface area (Å²) in [6.07, 6.45) is 5.05. The number of likely N-dealkylation sites (N-methyl/N-ethyl adjacent to an activating group) is 1. The molecule has 23 heavy (non-hydrogen) atoms. The first-order valence-corrected chi connectivity index (χ1v) is 9.77. The molecule has 1 aromatic rings. The van der Waals surface area contributed by atoms with Gasteiger partial charge in [0.25, 0.3) is 0 Å². The van der Waals surface area contributed by atoms with Crippen LogP contribution in [0.2, 0.25) is 0 Å². The lowest BCUT2D eigenvalue weighted by atomic mass is 9.93. The molecule has 0 bridgehead atoms. The monoisotopic (exact) mass is 336 g/mol. The first-order valence-electron chi connectivity index (χ1n) is 8.89. The van der Waals surface area contributed by atoms with Gasteiger partial charge in [-0.3, -0.25) is 4.99 Å². The number of hydrogen-bond donors (Lipinski definition) is 1. The van der Waals surface area contributed by atoms with E-state index in [1.165, 1.54) is 43.8 Å². The van der Waals surface area contributed by atoms with Crippen LogP contribution < -0.4 is 5.32 Å². The van der Waals surface area contributed by atoms with E-state index in [-0.39, 0.29) is 0 Å². The van der Waals surface area contributed by atoms with Crippen LogP contribution >= 0.6 is 11.3 Å². The second-order valence-corrected chi connectivity index (χ2v) is 7.42. The summed E-state index contributed by atoms with van der Waals surface area (Å²) in [5.74, 6) is 1.90. The standard InChI is InChI=1S/C18H32N4S/c1-4-22-13-8-16(9-14-22)7-11-20-18(19-2)21(3)12-10-17-6-5-15-23-17/h5-6,15-16H,4,7-14H2,1-3H3,(H,19,20). The fourth-order valence-corrected chi connectivity index (χ4v) is 3.90. The number of aliphatic imine (C=N–C) groups is 1. The molecule has 0 atom stereocenters. The molecular weight excluding hydrogens is 304 g/mol. The summed E-state index contributed by atoms with van der Waals surface area (Å²) in [5.41, 5.74) is 0. The lowest BCUT2D eigenvalue weighted by Gasteiger charge is -2.31. The number of thiophene rings is 1. The predicted octanol–water partition coefficient (Wildman–Crippen LogP) is 2.92. The molecular formula is C18H32N4S. The molecule has 1 aromatic heterocycles. The van der Waals surface area contributed by atoms with Crippen molar-refractivity contribution in [2.75, 3.05) is 46.8 Å². The van der Waals surface area contributed by atoms with E-state index in [1.807, 2.05) is 18.4 Å². The number of nitrogens with one attached hydrogen (secondary N) is 1. The average molecular weight is 337 g/mol. The summed E-state index contributed by atoms with van der Waals surface area (Å²) in [5, 5.41) is 5.68. The number of likely N-dealkylation sites (tertiary alicyclic amines) is 1. The largest absolute Gasteiger partial charge is 0.356 e. The molecule has 4 nitrogen and oxygen atoms in total. The first kappa shape index (κ1) is 18.3. The highest BCUT2D eigenvalue weighted by molar-refractivity contribution is 7.09. The SMILES string of the molecule is CCN1CCC(CCNC(=NC)N(C)CCc2cccs2)CC1. The van der Waals surface area contributed by atoms with Gasteiger partial charge in [0.1, 0.15) is 0 Å².